The Kier molecular flexibility index (Phi) is 5.95. The largest absolute Gasteiger partial charge is 0.335 e. The highest BCUT2D eigenvalue weighted by Gasteiger charge is 2.23. The molecule has 4 heteroatoms. The Hall–Kier alpha value is -0.770. The Morgan fingerprint density at radius 3 is 1.95 bits per heavy atom. The van der Waals surface area contributed by atoms with Crippen molar-refractivity contribution in [1.29, 1.82) is 0 Å². The van der Waals surface area contributed by atoms with Crippen molar-refractivity contribution in [2.24, 2.45) is 0 Å². The summed E-state index contributed by atoms with van der Waals surface area (Å²) in [5.74, 6) is 0. The van der Waals surface area contributed by atoms with Crippen molar-refractivity contribution in [3.05, 3.63) is 0 Å². The molecule has 0 unspecified atom stereocenters. The fourth-order valence-corrected chi connectivity index (χ4v) is 3.39. The van der Waals surface area contributed by atoms with Gasteiger partial charge in [0.1, 0.15) is 0 Å². The Labute approximate surface area is 117 Å². The lowest BCUT2D eigenvalue weighted by Crippen LogP contribution is -2.48. The lowest BCUT2D eigenvalue weighted by Gasteiger charge is -2.30. The molecular formula is C15H29N3O. The van der Waals surface area contributed by atoms with Crippen molar-refractivity contribution in [2.45, 2.75) is 82.8 Å². The van der Waals surface area contributed by atoms with Crippen LogP contribution in [0.1, 0.15) is 64.7 Å². The summed E-state index contributed by atoms with van der Waals surface area (Å²) in [5.41, 5.74) is 0. The molecular weight excluding hydrogens is 238 g/mol. The van der Waals surface area contributed by atoms with Gasteiger partial charge in [0, 0.05) is 18.1 Å². The first-order valence-corrected chi connectivity index (χ1v) is 8.08. The zero-order valence-corrected chi connectivity index (χ0v) is 12.2. The number of nitrogens with one attached hydrogen (secondary N) is 3. The number of hydrogen-bond acceptors (Lipinski definition) is 2. The molecule has 3 N–H and O–H groups in total. The van der Waals surface area contributed by atoms with Crippen molar-refractivity contribution >= 4 is 6.03 Å². The molecule has 0 spiro atoms. The van der Waals surface area contributed by atoms with Gasteiger partial charge in [-0.2, -0.15) is 0 Å². The third-order valence-corrected chi connectivity index (χ3v) is 4.50. The Morgan fingerprint density at radius 2 is 1.37 bits per heavy atom. The van der Waals surface area contributed by atoms with Crippen LogP contribution in [0.25, 0.3) is 0 Å². The maximum absolute atomic E-state index is 11.9. The summed E-state index contributed by atoms with van der Waals surface area (Å²) in [6.45, 7) is 3.20. The van der Waals surface area contributed by atoms with Gasteiger partial charge in [-0.25, -0.2) is 4.79 Å². The summed E-state index contributed by atoms with van der Waals surface area (Å²) in [5, 5.41) is 9.78. The maximum atomic E-state index is 11.9. The van der Waals surface area contributed by atoms with E-state index >= 15 is 0 Å². The van der Waals surface area contributed by atoms with Gasteiger partial charge in [-0.1, -0.05) is 26.2 Å². The number of hydrogen-bond donors (Lipinski definition) is 3. The summed E-state index contributed by atoms with van der Waals surface area (Å²) in [4.78, 5) is 11.9. The maximum Gasteiger partial charge on any atom is 0.315 e. The average Bonchev–Trinajstić information content (AvgIpc) is 2.42. The summed E-state index contributed by atoms with van der Waals surface area (Å²) in [6.07, 6.45) is 10.7. The predicted molar refractivity (Wildman–Crippen MR) is 78.3 cm³/mol. The van der Waals surface area contributed by atoms with Gasteiger partial charge in [-0.05, 0) is 45.1 Å². The van der Waals surface area contributed by atoms with Crippen LogP contribution < -0.4 is 16.0 Å². The van der Waals surface area contributed by atoms with Crippen molar-refractivity contribution in [2.75, 3.05) is 6.54 Å². The monoisotopic (exact) mass is 267 g/mol. The Bertz CT molecular complexity index is 269. The van der Waals surface area contributed by atoms with Crippen molar-refractivity contribution in [1.82, 2.24) is 16.0 Å². The molecule has 0 bridgehead atoms. The van der Waals surface area contributed by atoms with E-state index in [1.54, 1.807) is 0 Å². The van der Waals surface area contributed by atoms with Crippen LogP contribution in [0.3, 0.4) is 0 Å². The van der Waals surface area contributed by atoms with Gasteiger partial charge < -0.3 is 16.0 Å². The predicted octanol–water partition coefficient (Wildman–Crippen LogP) is 2.54. The minimum atomic E-state index is 0.0544. The van der Waals surface area contributed by atoms with E-state index in [1.165, 1.54) is 32.1 Å². The molecule has 0 saturated heterocycles. The molecule has 19 heavy (non-hydrogen) atoms. The normalized spacial score (nSPS) is 28.9. The minimum absolute atomic E-state index is 0.0544. The summed E-state index contributed by atoms with van der Waals surface area (Å²) >= 11 is 0. The van der Waals surface area contributed by atoms with Crippen LogP contribution in [-0.4, -0.2) is 30.7 Å². The van der Waals surface area contributed by atoms with Crippen molar-refractivity contribution in [3.63, 3.8) is 0 Å². The van der Waals surface area contributed by atoms with Gasteiger partial charge in [0.15, 0.2) is 0 Å². The summed E-state index contributed by atoms with van der Waals surface area (Å²) in [6, 6.07) is 1.49. The van der Waals surface area contributed by atoms with Gasteiger partial charge >= 0.3 is 6.03 Å². The number of amides is 2. The topological polar surface area (TPSA) is 53.2 Å². The smallest absolute Gasteiger partial charge is 0.315 e. The SMILES string of the molecule is CCNC1CCC(NC(=O)NC2CCCCC2)CC1. The quantitative estimate of drug-likeness (QED) is 0.733. The number of carbonyl (C=O) groups excluding carboxylic acids is 1. The lowest BCUT2D eigenvalue weighted by molar-refractivity contribution is 0.221. The zero-order valence-electron chi connectivity index (χ0n) is 12.2. The van der Waals surface area contributed by atoms with E-state index in [9.17, 15) is 4.79 Å². The second kappa shape index (κ2) is 7.73. The van der Waals surface area contributed by atoms with Crippen LogP contribution in [0.4, 0.5) is 4.79 Å². The molecule has 0 heterocycles. The van der Waals surface area contributed by atoms with Crippen LogP contribution in [0.15, 0.2) is 0 Å². The molecule has 0 aromatic heterocycles. The van der Waals surface area contributed by atoms with Crippen LogP contribution in [-0.2, 0) is 0 Å². The average molecular weight is 267 g/mol. The molecule has 110 valence electrons. The highest BCUT2D eigenvalue weighted by atomic mass is 16.2. The second-order valence-electron chi connectivity index (χ2n) is 6.06. The van der Waals surface area contributed by atoms with E-state index in [0.29, 0.717) is 18.1 Å². The van der Waals surface area contributed by atoms with Crippen LogP contribution in [0.5, 0.6) is 0 Å². The molecule has 0 aromatic rings. The first-order chi connectivity index (χ1) is 9.28. The highest BCUT2D eigenvalue weighted by molar-refractivity contribution is 5.74. The fourth-order valence-electron chi connectivity index (χ4n) is 3.39. The van der Waals surface area contributed by atoms with E-state index in [-0.39, 0.29) is 6.03 Å². The molecule has 2 aliphatic carbocycles. The van der Waals surface area contributed by atoms with Crippen LogP contribution in [0, 0.1) is 0 Å². The molecule has 2 fully saturated rings. The highest BCUT2D eigenvalue weighted by Crippen LogP contribution is 2.19. The van der Waals surface area contributed by atoms with E-state index in [1.807, 2.05) is 0 Å². The summed E-state index contributed by atoms with van der Waals surface area (Å²) in [7, 11) is 0. The standard InChI is InChI=1S/C15H29N3O/c1-2-16-12-8-10-14(11-9-12)18-15(19)17-13-6-4-3-5-7-13/h12-14,16H,2-11H2,1H3,(H2,17,18,19). The Balaban J connectivity index is 1.63. The molecule has 2 saturated carbocycles. The van der Waals surface area contributed by atoms with Gasteiger partial charge in [-0.15, -0.1) is 0 Å². The zero-order chi connectivity index (χ0) is 13.5. The molecule has 2 rings (SSSR count). The lowest BCUT2D eigenvalue weighted by atomic mass is 9.91. The van der Waals surface area contributed by atoms with Crippen LogP contribution in [0.2, 0.25) is 0 Å². The van der Waals surface area contributed by atoms with E-state index in [4.69, 9.17) is 0 Å². The van der Waals surface area contributed by atoms with E-state index < -0.39 is 0 Å². The van der Waals surface area contributed by atoms with Crippen LogP contribution >= 0.6 is 0 Å². The number of rotatable bonds is 4. The first-order valence-electron chi connectivity index (χ1n) is 8.08. The molecule has 0 atom stereocenters. The fraction of sp³-hybridized carbons (Fsp3) is 0.933. The second-order valence-corrected chi connectivity index (χ2v) is 6.06. The van der Waals surface area contributed by atoms with Gasteiger partial charge in [0.2, 0.25) is 0 Å². The number of carbonyl (C=O) groups is 1. The molecule has 0 aliphatic heterocycles. The molecule has 0 aromatic carbocycles. The molecule has 0 radical (unpaired) electrons. The Morgan fingerprint density at radius 1 is 0.842 bits per heavy atom. The van der Waals surface area contributed by atoms with Gasteiger partial charge in [0.25, 0.3) is 0 Å². The van der Waals surface area contributed by atoms with Gasteiger partial charge in [-0.3, -0.25) is 0 Å². The molecule has 2 amide bonds. The van der Waals surface area contributed by atoms with Gasteiger partial charge in [0.05, 0.1) is 0 Å². The third kappa shape index (κ3) is 5.01. The van der Waals surface area contributed by atoms with E-state index in [0.717, 1.165) is 32.2 Å². The number of urea groups is 1. The first kappa shape index (κ1) is 14.6. The molecule has 2 aliphatic rings. The van der Waals surface area contributed by atoms with Crippen molar-refractivity contribution in [3.8, 4) is 0 Å². The van der Waals surface area contributed by atoms with E-state index in [2.05, 4.69) is 22.9 Å². The summed E-state index contributed by atoms with van der Waals surface area (Å²) < 4.78 is 0. The molecule has 4 nitrogen and oxygen atoms in total. The van der Waals surface area contributed by atoms with Crippen molar-refractivity contribution < 1.29 is 4.79 Å². The minimum Gasteiger partial charge on any atom is -0.335 e. The third-order valence-electron chi connectivity index (χ3n) is 4.50.